The molecule has 0 atom stereocenters. The first-order chi connectivity index (χ1) is 15.2. The van der Waals surface area contributed by atoms with Gasteiger partial charge in [-0.2, -0.15) is 0 Å². The van der Waals surface area contributed by atoms with Gasteiger partial charge in [0.2, 0.25) is 5.95 Å². The van der Waals surface area contributed by atoms with Gasteiger partial charge < -0.3 is 10.4 Å². The largest absolute Gasteiger partial charge is 0.389 e. The molecule has 0 spiro atoms. The second-order valence-corrected chi connectivity index (χ2v) is 9.78. The molecule has 7 heteroatoms. The molecule has 1 aliphatic rings. The quantitative estimate of drug-likeness (QED) is 0.562. The van der Waals surface area contributed by atoms with Crippen LogP contribution in [0.25, 0.3) is 17.1 Å². The second kappa shape index (κ2) is 9.91. The molecule has 2 aromatic heterocycles. The van der Waals surface area contributed by atoms with Crippen molar-refractivity contribution in [2.45, 2.75) is 79.0 Å². The monoisotopic (exact) mass is 451 g/mol. The molecule has 0 bridgehead atoms. The summed E-state index contributed by atoms with van der Waals surface area (Å²) in [6.45, 7) is 7.88. The maximum atomic E-state index is 13.3. The first-order valence-electron chi connectivity index (χ1n) is 11.4. The number of rotatable bonds is 6. The summed E-state index contributed by atoms with van der Waals surface area (Å²) in [5, 5.41) is 13.8. The van der Waals surface area contributed by atoms with E-state index in [4.69, 9.17) is 4.98 Å². The Labute approximate surface area is 196 Å². The van der Waals surface area contributed by atoms with Crippen molar-refractivity contribution in [3.63, 3.8) is 0 Å². The average molecular weight is 452 g/mol. The predicted octanol–water partition coefficient (Wildman–Crippen LogP) is 4.80. The van der Waals surface area contributed by atoms with E-state index < -0.39 is 5.60 Å². The van der Waals surface area contributed by atoms with Gasteiger partial charge in [0.15, 0.2) is 0 Å². The van der Waals surface area contributed by atoms with Crippen molar-refractivity contribution in [2.75, 3.05) is 5.32 Å². The Balaban J connectivity index is 0.00000306. The third-order valence-corrected chi connectivity index (χ3v) is 6.04. The zero-order chi connectivity index (χ0) is 22.9. The molecule has 0 amide bonds. The molecular formula is C26H37N5O2. The van der Waals surface area contributed by atoms with Crippen molar-refractivity contribution in [3.05, 3.63) is 58.8 Å². The number of aryl methyl sites for hydroxylation is 1. The molecule has 4 rings (SSSR count). The minimum absolute atomic E-state index is 0. The Hall–Kier alpha value is -2.93. The number of benzene rings is 1. The van der Waals surface area contributed by atoms with E-state index in [1.54, 1.807) is 35.4 Å². The fraction of sp³-hybridized carbons (Fsp3) is 0.500. The summed E-state index contributed by atoms with van der Waals surface area (Å²) in [6.07, 6.45) is 8.16. The first kappa shape index (κ1) is 24.7. The molecule has 0 radical (unpaired) electrons. The summed E-state index contributed by atoms with van der Waals surface area (Å²) < 4.78 is 3.21. The van der Waals surface area contributed by atoms with Crippen LogP contribution in [0.4, 0.5) is 5.95 Å². The molecule has 0 unspecified atom stereocenters. The zero-order valence-electron chi connectivity index (χ0n) is 19.4. The maximum Gasteiger partial charge on any atom is 0.333 e. The smallest absolute Gasteiger partial charge is 0.333 e. The molecule has 3 aromatic rings. The third kappa shape index (κ3) is 5.90. The first-order valence-corrected chi connectivity index (χ1v) is 11.4. The number of aliphatic hydroxyl groups is 1. The fourth-order valence-corrected chi connectivity index (χ4v) is 4.38. The van der Waals surface area contributed by atoms with Crippen molar-refractivity contribution in [2.24, 2.45) is 5.92 Å². The molecule has 1 aliphatic carbocycles. The van der Waals surface area contributed by atoms with Crippen LogP contribution in [0.3, 0.4) is 0 Å². The highest BCUT2D eigenvalue weighted by molar-refractivity contribution is 5.59. The Bertz CT molecular complexity index is 1130. The second-order valence-electron chi connectivity index (χ2n) is 9.78. The highest BCUT2D eigenvalue weighted by atomic mass is 16.3. The number of hydrogen-bond acceptors (Lipinski definition) is 5. The lowest BCUT2D eigenvalue weighted by atomic mass is 9.87. The number of aromatic nitrogens is 4. The third-order valence-electron chi connectivity index (χ3n) is 6.04. The molecule has 7 nitrogen and oxygen atoms in total. The highest BCUT2D eigenvalue weighted by Gasteiger charge is 2.22. The molecule has 0 saturated heterocycles. The minimum Gasteiger partial charge on any atom is -0.389 e. The number of nitrogens with one attached hydrogen (secondary N) is 1. The number of hydrogen-bond donors (Lipinski definition) is 2. The SMILES string of the molecule is C.Cc1cccc(-n2c(-c3ccnc(NC4CCC(C)CC4)n3)cn(CC(C)(C)O)c2=O)c1. The number of imidazole rings is 1. The maximum absolute atomic E-state index is 13.3. The van der Waals surface area contributed by atoms with Crippen molar-refractivity contribution in [1.29, 1.82) is 0 Å². The summed E-state index contributed by atoms with van der Waals surface area (Å²) in [5.74, 6) is 1.36. The van der Waals surface area contributed by atoms with E-state index in [2.05, 4.69) is 17.2 Å². The molecule has 33 heavy (non-hydrogen) atoms. The fourth-order valence-electron chi connectivity index (χ4n) is 4.38. The van der Waals surface area contributed by atoms with Crippen LogP contribution in [0.5, 0.6) is 0 Å². The van der Waals surface area contributed by atoms with Crippen LogP contribution in [0.2, 0.25) is 0 Å². The number of anilines is 1. The van der Waals surface area contributed by atoms with Gasteiger partial charge in [0.05, 0.1) is 29.2 Å². The van der Waals surface area contributed by atoms with Gasteiger partial charge in [0.1, 0.15) is 0 Å². The molecule has 1 saturated carbocycles. The van der Waals surface area contributed by atoms with E-state index in [1.807, 2.05) is 37.3 Å². The Morgan fingerprint density at radius 1 is 1.18 bits per heavy atom. The van der Waals surface area contributed by atoms with Crippen molar-refractivity contribution >= 4 is 5.95 Å². The van der Waals surface area contributed by atoms with E-state index >= 15 is 0 Å². The molecule has 178 valence electrons. The normalized spacial score (nSPS) is 18.6. The molecule has 2 heterocycles. The van der Waals surface area contributed by atoms with Crippen molar-refractivity contribution < 1.29 is 5.11 Å². The Morgan fingerprint density at radius 2 is 1.91 bits per heavy atom. The standard InChI is InChI=1S/C25H33N5O2.CH4/c1-17-8-10-19(11-9-17)27-23-26-13-12-21(28-23)22-15-29(16-25(3,4)32)24(31)30(22)20-7-5-6-18(2)14-20;/h5-7,12-15,17,19,32H,8-11,16H2,1-4H3,(H,26,27,28);1H4. The lowest BCUT2D eigenvalue weighted by molar-refractivity contribution is 0.0604. The van der Waals surface area contributed by atoms with Gasteiger partial charge >= 0.3 is 5.69 Å². The molecule has 1 aromatic carbocycles. The minimum atomic E-state index is -1.02. The summed E-state index contributed by atoms with van der Waals surface area (Å²) >= 11 is 0. The highest BCUT2D eigenvalue weighted by Crippen LogP contribution is 2.26. The van der Waals surface area contributed by atoms with Crippen LogP contribution in [0.1, 0.15) is 59.4 Å². The van der Waals surface area contributed by atoms with Gasteiger partial charge in [0.25, 0.3) is 0 Å². The van der Waals surface area contributed by atoms with Crippen molar-refractivity contribution in [1.82, 2.24) is 19.1 Å². The van der Waals surface area contributed by atoms with Gasteiger partial charge in [-0.1, -0.05) is 26.5 Å². The van der Waals surface area contributed by atoms with Crippen LogP contribution in [0, 0.1) is 12.8 Å². The van der Waals surface area contributed by atoms with Gasteiger partial charge in [-0.3, -0.25) is 9.13 Å². The molecule has 1 fully saturated rings. The molecular weight excluding hydrogens is 414 g/mol. The summed E-state index contributed by atoms with van der Waals surface area (Å²) in [4.78, 5) is 22.5. The van der Waals surface area contributed by atoms with E-state index in [1.165, 1.54) is 12.8 Å². The van der Waals surface area contributed by atoms with Crippen LogP contribution in [-0.4, -0.2) is 35.9 Å². The van der Waals surface area contributed by atoms with Gasteiger partial charge in [-0.15, -0.1) is 0 Å². The molecule has 2 N–H and O–H groups in total. The van der Waals surface area contributed by atoms with Gasteiger partial charge in [0, 0.05) is 18.4 Å². The molecule has 0 aliphatic heterocycles. The van der Waals surface area contributed by atoms with Crippen LogP contribution < -0.4 is 11.0 Å². The van der Waals surface area contributed by atoms with Crippen LogP contribution >= 0.6 is 0 Å². The van der Waals surface area contributed by atoms with Crippen LogP contribution in [-0.2, 0) is 6.54 Å². The Morgan fingerprint density at radius 3 is 2.58 bits per heavy atom. The summed E-state index contributed by atoms with van der Waals surface area (Å²) in [6, 6.07) is 10.0. The van der Waals surface area contributed by atoms with E-state index in [0.29, 0.717) is 23.4 Å². The van der Waals surface area contributed by atoms with Gasteiger partial charge in [-0.25, -0.2) is 14.8 Å². The zero-order valence-corrected chi connectivity index (χ0v) is 19.4. The summed E-state index contributed by atoms with van der Waals surface area (Å²) in [5.41, 5.74) is 1.95. The van der Waals surface area contributed by atoms with Crippen molar-refractivity contribution in [3.8, 4) is 17.1 Å². The number of nitrogens with zero attached hydrogens (tertiary/aromatic N) is 4. The lowest BCUT2D eigenvalue weighted by Crippen LogP contribution is -2.33. The predicted molar refractivity (Wildman–Crippen MR) is 134 cm³/mol. The van der Waals surface area contributed by atoms with Gasteiger partial charge in [-0.05, 0) is 76.1 Å². The lowest BCUT2D eigenvalue weighted by Gasteiger charge is -2.26. The van der Waals surface area contributed by atoms with E-state index in [0.717, 1.165) is 30.0 Å². The average Bonchev–Trinajstić information content (AvgIpc) is 3.04. The summed E-state index contributed by atoms with van der Waals surface area (Å²) in [7, 11) is 0. The van der Waals surface area contributed by atoms with E-state index in [-0.39, 0.29) is 19.7 Å². The van der Waals surface area contributed by atoms with Crippen LogP contribution in [0.15, 0.2) is 47.5 Å². The Kier molecular flexibility index (Phi) is 7.42. The topological polar surface area (TPSA) is 85.0 Å². The van der Waals surface area contributed by atoms with E-state index in [9.17, 15) is 9.90 Å².